The summed E-state index contributed by atoms with van der Waals surface area (Å²) in [5.74, 6) is 0.880. The summed E-state index contributed by atoms with van der Waals surface area (Å²) in [6, 6.07) is 9.58. The number of aromatic nitrogens is 2. The molecule has 0 saturated carbocycles. The number of hydrogen-bond donors (Lipinski definition) is 1. The standard InChI is InChI=1S/C17H23N5O2S/c1-21(2)25(23,24)22-11-5-6-14(13-22)16-9-8-15(12-19-16)20-17-7-3-4-10-18-17/h3-4,7-10,12,14H,5-6,11,13H2,1-2H3,(H,18,20)/t14-/m0/s1. The number of nitrogens with zero attached hydrogens (tertiary/aromatic N) is 4. The van der Waals surface area contributed by atoms with Crippen LogP contribution < -0.4 is 5.32 Å². The molecule has 2 aromatic rings. The molecule has 3 rings (SSSR count). The van der Waals surface area contributed by atoms with Crippen molar-refractivity contribution in [2.75, 3.05) is 32.5 Å². The molecular weight excluding hydrogens is 338 g/mol. The van der Waals surface area contributed by atoms with Crippen molar-refractivity contribution in [3.8, 4) is 0 Å². The SMILES string of the molecule is CN(C)S(=O)(=O)N1CCC[C@H](c2ccc(Nc3ccccn3)cn2)C1. The highest BCUT2D eigenvalue weighted by molar-refractivity contribution is 7.86. The molecule has 0 aromatic carbocycles. The van der Waals surface area contributed by atoms with Crippen LogP contribution in [0.15, 0.2) is 42.7 Å². The van der Waals surface area contributed by atoms with E-state index >= 15 is 0 Å². The van der Waals surface area contributed by atoms with Crippen molar-refractivity contribution in [2.45, 2.75) is 18.8 Å². The predicted molar refractivity (Wildman–Crippen MR) is 97.9 cm³/mol. The molecule has 134 valence electrons. The molecule has 2 aromatic heterocycles. The first-order valence-corrected chi connectivity index (χ1v) is 9.68. The second-order valence-corrected chi connectivity index (χ2v) is 8.44. The fourth-order valence-electron chi connectivity index (χ4n) is 2.93. The minimum atomic E-state index is -3.37. The number of piperidine rings is 1. The number of rotatable bonds is 5. The number of hydrogen-bond acceptors (Lipinski definition) is 5. The number of pyridine rings is 2. The van der Waals surface area contributed by atoms with Crippen LogP contribution in [0.4, 0.5) is 11.5 Å². The van der Waals surface area contributed by atoms with Gasteiger partial charge in [-0.1, -0.05) is 6.07 Å². The van der Waals surface area contributed by atoms with Gasteiger partial charge in [0, 0.05) is 45.0 Å². The van der Waals surface area contributed by atoms with Crippen molar-refractivity contribution >= 4 is 21.7 Å². The molecule has 25 heavy (non-hydrogen) atoms. The Labute approximate surface area is 148 Å². The molecule has 1 aliphatic heterocycles. The second kappa shape index (κ2) is 7.47. The van der Waals surface area contributed by atoms with Crippen LogP contribution in [-0.4, -0.2) is 54.2 Å². The van der Waals surface area contributed by atoms with Gasteiger partial charge in [-0.15, -0.1) is 0 Å². The summed E-state index contributed by atoms with van der Waals surface area (Å²) in [7, 11) is -0.242. The van der Waals surface area contributed by atoms with Crippen molar-refractivity contribution in [1.82, 2.24) is 18.6 Å². The van der Waals surface area contributed by atoms with E-state index in [4.69, 9.17) is 0 Å². The zero-order valence-electron chi connectivity index (χ0n) is 14.5. The molecular formula is C17H23N5O2S. The summed E-state index contributed by atoms with van der Waals surface area (Å²) in [6.07, 6.45) is 5.28. The van der Waals surface area contributed by atoms with Gasteiger partial charge in [0.2, 0.25) is 0 Å². The highest BCUT2D eigenvalue weighted by Crippen LogP contribution is 2.28. The average Bonchev–Trinajstić information content (AvgIpc) is 2.63. The van der Waals surface area contributed by atoms with E-state index in [2.05, 4.69) is 15.3 Å². The van der Waals surface area contributed by atoms with Gasteiger partial charge < -0.3 is 5.32 Å². The fraction of sp³-hybridized carbons (Fsp3) is 0.412. The zero-order valence-corrected chi connectivity index (χ0v) is 15.3. The van der Waals surface area contributed by atoms with E-state index in [1.165, 1.54) is 4.31 Å². The molecule has 0 bridgehead atoms. The van der Waals surface area contributed by atoms with Gasteiger partial charge in [0.15, 0.2) is 0 Å². The average molecular weight is 361 g/mol. The van der Waals surface area contributed by atoms with Gasteiger partial charge in [0.25, 0.3) is 10.2 Å². The maximum atomic E-state index is 12.3. The van der Waals surface area contributed by atoms with Crippen molar-refractivity contribution < 1.29 is 8.42 Å². The van der Waals surface area contributed by atoms with Crippen molar-refractivity contribution in [3.05, 3.63) is 48.4 Å². The summed E-state index contributed by atoms with van der Waals surface area (Å²) >= 11 is 0. The molecule has 1 fully saturated rings. The van der Waals surface area contributed by atoms with Crippen LogP contribution in [0.25, 0.3) is 0 Å². The summed E-state index contributed by atoms with van der Waals surface area (Å²) in [5, 5.41) is 3.20. The van der Waals surface area contributed by atoms with Gasteiger partial charge in [0.1, 0.15) is 5.82 Å². The van der Waals surface area contributed by atoms with E-state index in [0.29, 0.717) is 13.1 Å². The first-order valence-electron chi connectivity index (χ1n) is 8.28. The van der Waals surface area contributed by atoms with E-state index in [1.54, 1.807) is 30.8 Å². The minimum Gasteiger partial charge on any atom is -0.339 e. The monoisotopic (exact) mass is 361 g/mol. The first kappa shape index (κ1) is 17.8. The largest absolute Gasteiger partial charge is 0.339 e. The summed E-state index contributed by atoms with van der Waals surface area (Å²) in [4.78, 5) is 8.76. The third-order valence-electron chi connectivity index (χ3n) is 4.31. The van der Waals surface area contributed by atoms with Gasteiger partial charge in [-0.25, -0.2) is 4.98 Å². The predicted octanol–water partition coefficient (Wildman–Crippen LogP) is 2.21. The van der Waals surface area contributed by atoms with E-state index in [-0.39, 0.29) is 5.92 Å². The lowest BCUT2D eigenvalue weighted by Gasteiger charge is -2.33. The molecule has 7 nitrogen and oxygen atoms in total. The first-order chi connectivity index (χ1) is 12.0. The van der Waals surface area contributed by atoms with Crippen LogP contribution in [0.3, 0.4) is 0 Å². The second-order valence-electron chi connectivity index (χ2n) is 6.30. The Morgan fingerprint density at radius 1 is 1.20 bits per heavy atom. The molecule has 0 amide bonds. The Kier molecular flexibility index (Phi) is 5.31. The van der Waals surface area contributed by atoms with E-state index < -0.39 is 10.2 Å². The zero-order chi connectivity index (χ0) is 17.9. The van der Waals surface area contributed by atoms with Gasteiger partial charge in [0.05, 0.1) is 11.9 Å². The van der Waals surface area contributed by atoms with Crippen LogP contribution in [-0.2, 0) is 10.2 Å². The van der Waals surface area contributed by atoms with Crippen LogP contribution in [0, 0.1) is 0 Å². The number of anilines is 2. The lowest BCUT2D eigenvalue weighted by atomic mass is 9.95. The summed E-state index contributed by atoms with van der Waals surface area (Å²) in [5.41, 5.74) is 1.78. The van der Waals surface area contributed by atoms with Crippen molar-refractivity contribution in [1.29, 1.82) is 0 Å². The maximum Gasteiger partial charge on any atom is 0.281 e. The smallest absolute Gasteiger partial charge is 0.281 e. The highest BCUT2D eigenvalue weighted by atomic mass is 32.2. The molecule has 0 radical (unpaired) electrons. The van der Waals surface area contributed by atoms with Crippen molar-refractivity contribution in [3.63, 3.8) is 0 Å². The topological polar surface area (TPSA) is 78.4 Å². The molecule has 1 atom stereocenters. The number of nitrogens with one attached hydrogen (secondary N) is 1. The molecule has 0 spiro atoms. The van der Waals surface area contributed by atoms with Gasteiger partial charge >= 0.3 is 0 Å². The molecule has 1 N–H and O–H groups in total. The molecule has 8 heteroatoms. The third kappa shape index (κ3) is 4.15. The lowest BCUT2D eigenvalue weighted by molar-refractivity contribution is 0.296. The van der Waals surface area contributed by atoms with Gasteiger partial charge in [-0.3, -0.25) is 4.98 Å². The maximum absolute atomic E-state index is 12.3. The summed E-state index contributed by atoms with van der Waals surface area (Å²) in [6.45, 7) is 1.04. The van der Waals surface area contributed by atoms with Gasteiger partial charge in [-0.05, 0) is 37.1 Å². The molecule has 1 aliphatic rings. The van der Waals surface area contributed by atoms with E-state index in [0.717, 1.165) is 30.0 Å². The van der Waals surface area contributed by atoms with Crippen LogP contribution in [0.2, 0.25) is 0 Å². The van der Waals surface area contributed by atoms with Crippen LogP contribution in [0.1, 0.15) is 24.5 Å². The molecule has 3 heterocycles. The molecule has 0 aliphatic carbocycles. The molecule has 0 unspecified atom stereocenters. The Morgan fingerprint density at radius 2 is 2.04 bits per heavy atom. The van der Waals surface area contributed by atoms with E-state index in [9.17, 15) is 8.42 Å². The molecule has 1 saturated heterocycles. The van der Waals surface area contributed by atoms with Crippen LogP contribution >= 0.6 is 0 Å². The summed E-state index contributed by atoms with van der Waals surface area (Å²) < 4.78 is 27.5. The fourth-order valence-corrected chi connectivity index (χ4v) is 4.12. The van der Waals surface area contributed by atoms with E-state index in [1.807, 2.05) is 30.3 Å². The normalized spacial score (nSPS) is 19.1. The Balaban J connectivity index is 1.69. The quantitative estimate of drug-likeness (QED) is 0.883. The third-order valence-corrected chi connectivity index (χ3v) is 6.22. The van der Waals surface area contributed by atoms with Gasteiger partial charge in [-0.2, -0.15) is 17.0 Å². The van der Waals surface area contributed by atoms with Crippen LogP contribution in [0.5, 0.6) is 0 Å². The lowest BCUT2D eigenvalue weighted by Crippen LogP contribution is -2.45. The van der Waals surface area contributed by atoms with Crippen molar-refractivity contribution in [2.24, 2.45) is 0 Å². The minimum absolute atomic E-state index is 0.118. The Morgan fingerprint density at radius 3 is 2.68 bits per heavy atom. The highest BCUT2D eigenvalue weighted by Gasteiger charge is 2.31. The Bertz CT molecular complexity index is 794. The Hall–Kier alpha value is -2.03.